The first-order chi connectivity index (χ1) is 9.72. The van der Waals surface area contributed by atoms with Crippen molar-refractivity contribution in [3.8, 4) is 5.75 Å². The number of rotatable bonds is 6. The normalized spacial score (nSPS) is 11.6. The van der Waals surface area contributed by atoms with Crippen molar-refractivity contribution < 1.29 is 24.4 Å². The van der Waals surface area contributed by atoms with Gasteiger partial charge < -0.3 is 15.2 Å². The van der Waals surface area contributed by atoms with Gasteiger partial charge in [-0.05, 0) is 25.5 Å². The first-order valence-electron chi connectivity index (χ1n) is 6.10. The number of nitro groups is 1. The summed E-state index contributed by atoms with van der Waals surface area (Å²) < 4.78 is 5.31. The Kier molecular flexibility index (Phi) is 5.23. The Bertz CT molecular complexity index is 584. The van der Waals surface area contributed by atoms with E-state index in [4.69, 9.17) is 9.84 Å². The lowest BCUT2D eigenvalue weighted by molar-refractivity contribution is -0.385. The molecule has 0 saturated carbocycles. The summed E-state index contributed by atoms with van der Waals surface area (Å²) in [6.07, 6.45) is 0. The zero-order valence-electron chi connectivity index (χ0n) is 11.9. The Labute approximate surface area is 120 Å². The fourth-order valence-corrected chi connectivity index (χ4v) is 1.77. The predicted octanol–water partition coefficient (Wildman–Crippen LogP) is 1.18. The third-order valence-electron chi connectivity index (χ3n) is 2.77. The summed E-state index contributed by atoms with van der Waals surface area (Å²) in [5.74, 6) is -1.54. The first kappa shape index (κ1) is 16.4. The number of nitrogens with one attached hydrogen (secondary N) is 1. The zero-order chi connectivity index (χ0) is 16.2. The van der Waals surface area contributed by atoms with Gasteiger partial charge >= 0.3 is 5.97 Å². The van der Waals surface area contributed by atoms with E-state index in [2.05, 4.69) is 5.32 Å². The molecule has 8 nitrogen and oxygen atoms in total. The van der Waals surface area contributed by atoms with Crippen LogP contribution in [0.4, 0.5) is 5.69 Å². The highest BCUT2D eigenvalue weighted by atomic mass is 16.6. The van der Waals surface area contributed by atoms with Crippen LogP contribution in [0.25, 0.3) is 0 Å². The predicted molar refractivity (Wildman–Crippen MR) is 73.3 cm³/mol. The van der Waals surface area contributed by atoms with Crippen LogP contribution in [0.5, 0.6) is 5.75 Å². The molecule has 0 bridgehead atoms. The van der Waals surface area contributed by atoms with Crippen LogP contribution in [-0.2, 0) is 9.59 Å². The minimum Gasteiger partial charge on any atom is -0.490 e. The molecule has 1 rings (SSSR count). The molecule has 0 aliphatic carbocycles. The Morgan fingerprint density at radius 1 is 1.38 bits per heavy atom. The molecule has 0 heterocycles. The van der Waals surface area contributed by atoms with Crippen LogP contribution in [0.3, 0.4) is 0 Å². The number of nitro benzene ring substituents is 1. The lowest BCUT2D eigenvalue weighted by Gasteiger charge is -2.15. The van der Waals surface area contributed by atoms with Gasteiger partial charge in [-0.1, -0.05) is 0 Å². The van der Waals surface area contributed by atoms with E-state index in [1.807, 2.05) is 0 Å². The molecule has 0 aliphatic heterocycles. The quantitative estimate of drug-likeness (QED) is 0.601. The molecule has 0 aliphatic rings. The van der Waals surface area contributed by atoms with Crippen molar-refractivity contribution >= 4 is 17.6 Å². The van der Waals surface area contributed by atoms with Gasteiger partial charge in [-0.3, -0.25) is 14.9 Å². The number of nitrogens with zero attached hydrogens (tertiary/aromatic N) is 1. The van der Waals surface area contributed by atoms with Gasteiger partial charge in [-0.15, -0.1) is 0 Å². The van der Waals surface area contributed by atoms with Crippen LogP contribution < -0.4 is 10.1 Å². The molecule has 1 amide bonds. The van der Waals surface area contributed by atoms with Gasteiger partial charge in [-0.2, -0.15) is 0 Å². The number of aryl methyl sites for hydroxylation is 2. The zero-order valence-corrected chi connectivity index (χ0v) is 11.9. The van der Waals surface area contributed by atoms with Crippen LogP contribution in [0.2, 0.25) is 0 Å². The first-order valence-corrected chi connectivity index (χ1v) is 6.10. The molecule has 1 unspecified atom stereocenters. The number of benzene rings is 1. The van der Waals surface area contributed by atoms with E-state index < -0.39 is 22.8 Å². The largest absolute Gasteiger partial charge is 0.490 e. The minimum absolute atomic E-state index is 0.109. The Morgan fingerprint density at radius 2 is 2.00 bits per heavy atom. The highest BCUT2D eigenvalue weighted by molar-refractivity contribution is 5.82. The molecule has 1 aromatic carbocycles. The van der Waals surface area contributed by atoms with Gasteiger partial charge in [0.1, 0.15) is 12.4 Å². The molecule has 21 heavy (non-hydrogen) atoms. The summed E-state index contributed by atoms with van der Waals surface area (Å²) >= 11 is 0. The molecule has 1 aromatic rings. The maximum Gasteiger partial charge on any atom is 0.329 e. The third kappa shape index (κ3) is 4.44. The van der Waals surface area contributed by atoms with Gasteiger partial charge in [0.05, 0.1) is 11.0 Å². The van der Waals surface area contributed by atoms with Crippen molar-refractivity contribution in [2.45, 2.75) is 26.8 Å². The summed E-state index contributed by atoms with van der Waals surface area (Å²) in [4.78, 5) is 32.2. The number of ether oxygens (including phenoxy) is 1. The molecular formula is C13H16N2O6. The summed E-state index contributed by atoms with van der Waals surface area (Å²) in [5.41, 5.74) is 1.02. The smallest absolute Gasteiger partial charge is 0.329 e. The van der Waals surface area contributed by atoms with Crippen molar-refractivity contribution in [1.82, 2.24) is 5.32 Å². The second kappa shape index (κ2) is 6.69. The van der Waals surface area contributed by atoms with Crippen LogP contribution in [-0.4, -0.2) is 34.6 Å². The number of carbonyl (C=O) groups excluding carboxylic acids is 1. The van der Waals surface area contributed by atoms with Gasteiger partial charge in [0.25, 0.3) is 5.69 Å². The maximum absolute atomic E-state index is 11.0. The number of aliphatic carboxylic acids is 1. The summed E-state index contributed by atoms with van der Waals surface area (Å²) in [7, 11) is 0. The lowest BCUT2D eigenvalue weighted by atomic mass is 10.1. The molecule has 8 heteroatoms. The van der Waals surface area contributed by atoms with Crippen LogP contribution in [0, 0.1) is 24.0 Å². The van der Waals surface area contributed by atoms with Crippen LogP contribution in [0.15, 0.2) is 12.1 Å². The SMILES string of the molecule is CC(=O)NC(COc1cc([N+](=O)[O-])c(C)cc1C)C(=O)O. The van der Waals surface area contributed by atoms with Crippen LogP contribution >= 0.6 is 0 Å². The Morgan fingerprint density at radius 3 is 2.48 bits per heavy atom. The van der Waals surface area contributed by atoms with Gasteiger partial charge in [0.2, 0.25) is 5.91 Å². The summed E-state index contributed by atoms with van der Waals surface area (Å²) in [5, 5.41) is 22.0. The van der Waals surface area contributed by atoms with Gasteiger partial charge in [0.15, 0.2) is 6.04 Å². The number of carbonyl (C=O) groups is 2. The molecular weight excluding hydrogens is 280 g/mol. The number of carboxylic acid groups (broad SMARTS) is 1. The third-order valence-corrected chi connectivity index (χ3v) is 2.77. The molecule has 0 saturated heterocycles. The lowest BCUT2D eigenvalue weighted by Crippen LogP contribution is -2.43. The van der Waals surface area contributed by atoms with Crippen molar-refractivity contribution in [1.29, 1.82) is 0 Å². The molecule has 1 atom stereocenters. The fourth-order valence-electron chi connectivity index (χ4n) is 1.77. The van der Waals surface area contributed by atoms with Crippen molar-refractivity contribution in [2.24, 2.45) is 0 Å². The number of carboxylic acids is 1. The van der Waals surface area contributed by atoms with E-state index >= 15 is 0 Å². The van der Waals surface area contributed by atoms with Crippen molar-refractivity contribution in [3.05, 3.63) is 33.4 Å². The van der Waals surface area contributed by atoms with Gasteiger partial charge in [0, 0.05) is 12.5 Å². The summed E-state index contributed by atoms with van der Waals surface area (Å²) in [6.45, 7) is 4.17. The molecule has 114 valence electrons. The van der Waals surface area contributed by atoms with Crippen LogP contribution in [0.1, 0.15) is 18.1 Å². The van der Waals surface area contributed by atoms with E-state index in [1.54, 1.807) is 19.9 Å². The highest BCUT2D eigenvalue weighted by Gasteiger charge is 2.21. The second-order valence-electron chi connectivity index (χ2n) is 4.56. The van der Waals surface area contributed by atoms with E-state index in [9.17, 15) is 19.7 Å². The Balaban J connectivity index is 2.92. The molecule has 0 aromatic heterocycles. The van der Waals surface area contributed by atoms with Gasteiger partial charge in [-0.25, -0.2) is 4.79 Å². The monoisotopic (exact) mass is 296 g/mol. The highest BCUT2D eigenvalue weighted by Crippen LogP contribution is 2.28. The number of hydrogen-bond donors (Lipinski definition) is 2. The minimum atomic E-state index is -1.25. The van der Waals surface area contributed by atoms with E-state index in [-0.39, 0.29) is 18.0 Å². The maximum atomic E-state index is 11.0. The fraction of sp³-hybridized carbons (Fsp3) is 0.385. The summed E-state index contributed by atoms with van der Waals surface area (Å²) in [6, 6.07) is 1.61. The topological polar surface area (TPSA) is 119 Å². The average molecular weight is 296 g/mol. The van der Waals surface area contributed by atoms with E-state index in [0.29, 0.717) is 11.1 Å². The van der Waals surface area contributed by atoms with Crippen molar-refractivity contribution in [2.75, 3.05) is 6.61 Å². The van der Waals surface area contributed by atoms with Crippen molar-refractivity contribution in [3.63, 3.8) is 0 Å². The second-order valence-corrected chi connectivity index (χ2v) is 4.56. The average Bonchev–Trinajstić information content (AvgIpc) is 2.34. The Hall–Kier alpha value is -2.64. The molecule has 0 radical (unpaired) electrons. The number of amides is 1. The molecule has 0 fully saturated rings. The standard InChI is InChI=1S/C13H16N2O6/c1-7-4-8(2)12(5-11(7)15(19)20)21-6-10(13(17)18)14-9(3)16/h4-5,10H,6H2,1-3H3,(H,14,16)(H,17,18). The molecule has 0 spiro atoms. The van der Waals surface area contributed by atoms with E-state index in [1.165, 1.54) is 13.0 Å². The van der Waals surface area contributed by atoms with E-state index in [0.717, 1.165) is 0 Å². The molecule has 2 N–H and O–H groups in total. The number of hydrogen-bond acceptors (Lipinski definition) is 5.